The first-order valence-electron chi connectivity index (χ1n) is 20.0. The Morgan fingerprint density at radius 3 is 2.51 bits per heavy atom. The number of amides is 1. The monoisotopic (exact) mass is 795 g/mol. The topological polar surface area (TPSA) is 192 Å². The second-order valence-corrected chi connectivity index (χ2v) is 14.3. The molecule has 6 atom stereocenters. The number of non-ortho nitro benzene ring substituents is 1. The van der Waals surface area contributed by atoms with Crippen LogP contribution in [0.15, 0.2) is 71.9 Å². The molecule has 1 aliphatic heterocycles. The summed E-state index contributed by atoms with van der Waals surface area (Å²) in [7, 11) is 0. The van der Waals surface area contributed by atoms with Crippen LogP contribution < -0.4 is 9.47 Å². The van der Waals surface area contributed by atoms with Crippen molar-refractivity contribution >= 4 is 17.5 Å². The zero-order valence-electron chi connectivity index (χ0n) is 33.0. The number of ether oxygens (including phenoxy) is 5. The minimum absolute atomic E-state index is 0.0207. The van der Waals surface area contributed by atoms with Gasteiger partial charge in [-0.2, -0.15) is 0 Å². The van der Waals surface area contributed by atoms with Gasteiger partial charge in [0.15, 0.2) is 0 Å². The molecule has 1 saturated carbocycles. The number of aliphatic hydroxyl groups excluding tert-OH is 3. The number of rotatable bonds is 23. The van der Waals surface area contributed by atoms with Gasteiger partial charge in [-0.15, -0.1) is 6.58 Å². The van der Waals surface area contributed by atoms with E-state index >= 15 is 0 Å². The number of carbonyl (C=O) groups excluding carboxylic acids is 1. The van der Waals surface area contributed by atoms with E-state index in [1.165, 1.54) is 12.1 Å². The first kappa shape index (κ1) is 43.6. The number of nitro benzene ring substituents is 1. The molecule has 312 valence electrons. The predicted octanol–water partition coefficient (Wildman–Crippen LogP) is 6.51. The summed E-state index contributed by atoms with van der Waals surface area (Å²) in [4.78, 5) is 32.4. The van der Waals surface area contributed by atoms with Gasteiger partial charge < -0.3 is 43.8 Å². The lowest BCUT2D eigenvalue weighted by Crippen LogP contribution is -2.70. The van der Waals surface area contributed by atoms with Gasteiger partial charge in [-0.3, -0.25) is 15.0 Å². The normalized spacial score (nSPS) is 24.1. The van der Waals surface area contributed by atoms with Crippen molar-refractivity contribution in [1.82, 2.24) is 4.90 Å². The van der Waals surface area contributed by atoms with Crippen molar-refractivity contribution in [2.75, 3.05) is 59.4 Å². The number of allylic oxidation sites excluding steroid dienone is 1. The average molecular weight is 796 g/mol. The zero-order valence-corrected chi connectivity index (χ0v) is 33.0. The fraction of sp³-hybridized carbons (Fsp3) is 0.571. The molecule has 5 rings (SSSR count). The van der Waals surface area contributed by atoms with Crippen molar-refractivity contribution in [2.24, 2.45) is 22.9 Å². The second kappa shape index (κ2) is 21.3. The van der Waals surface area contributed by atoms with Crippen LogP contribution in [0, 0.1) is 27.9 Å². The van der Waals surface area contributed by atoms with Gasteiger partial charge in [0, 0.05) is 43.7 Å². The van der Waals surface area contributed by atoms with Crippen LogP contribution in [0.2, 0.25) is 0 Å². The maximum absolute atomic E-state index is 14.0. The Kier molecular flexibility index (Phi) is 16.3. The molecule has 1 fully saturated rings. The number of nitrogens with zero attached hydrogens (tertiary/aromatic N) is 3. The van der Waals surface area contributed by atoms with Crippen LogP contribution in [0.1, 0.15) is 70.3 Å². The van der Waals surface area contributed by atoms with E-state index in [2.05, 4.69) is 17.8 Å². The molecule has 0 spiro atoms. The van der Waals surface area contributed by atoms with Gasteiger partial charge >= 0.3 is 6.09 Å². The summed E-state index contributed by atoms with van der Waals surface area (Å²) in [6, 6.07) is 10.7. The molecule has 1 amide bonds. The van der Waals surface area contributed by atoms with E-state index in [4.69, 9.17) is 28.5 Å². The Bertz CT molecular complexity index is 1720. The summed E-state index contributed by atoms with van der Waals surface area (Å²) in [5.41, 5.74) is 2.24. The predicted molar refractivity (Wildman–Crippen MR) is 211 cm³/mol. The Hall–Kier alpha value is -4.54. The van der Waals surface area contributed by atoms with E-state index in [9.17, 15) is 30.2 Å². The van der Waals surface area contributed by atoms with Crippen molar-refractivity contribution in [3.05, 3.63) is 82.4 Å². The number of nitro groups is 1. The lowest BCUT2D eigenvalue weighted by molar-refractivity contribution is -0.384. The van der Waals surface area contributed by atoms with Crippen molar-refractivity contribution in [3.8, 4) is 17.2 Å². The summed E-state index contributed by atoms with van der Waals surface area (Å²) in [6.07, 6.45) is 7.76. The smallest absolute Gasteiger partial charge is 0.410 e. The highest BCUT2D eigenvalue weighted by molar-refractivity contribution is 6.03. The number of unbranched alkanes of at least 4 members (excludes halogenated alkanes) is 2. The Morgan fingerprint density at radius 2 is 1.81 bits per heavy atom. The molecule has 2 aliphatic carbocycles. The number of fused-ring (bicyclic) bond motifs is 2. The molecule has 57 heavy (non-hydrogen) atoms. The van der Waals surface area contributed by atoms with Crippen molar-refractivity contribution < 1.29 is 53.6 Å². The van der Waals surface area contributed by atoms with Gasteiger partial charge in [0.2, 0.25) is 5.79 Å². The molecule has 3 N–H and O–H groups in total. The van der Waals surface area contributed by atoms with Crippen LogP contribution in [-0.2, 0) is 19.0 Å². The van der Waals surface area contributed by atoms with Crippen LogP contribution in [0.25, 0.3) is 0 Å². The molecule has 15 nitrogen and oxygen atoms in total. The fourth-order valence-corrected chi connectivity index (χ4v) is 8.56. The van der Waals surface area contributed by atoms with Crippen LogP contribution in [-0.4, -0.2) is 108 Å². The minimum Gasteiger partial charge on any atom is -0.459 e. The highest BCUT2D eigenvalue weighted by atomic mass is 16.7. The van der Waals surface area contributed by atoms with Crippen molar-refractivity contribution in [3.63, 3.8) is 0 Å². The summed E-state index contributed by atoms with van der Waals surface area (Å²) in [6.45, 7) is 8.28. The van der Waals surface area contributed by atoms with E-state index in [1.54, 1.807) is 42.2 Å². The molecular formula is C42H57N3O12. The second-order valence-electron chi connectivity index (χ2n) is 14.3. The molecule has 0 saturated heterocycles. The fourth-order valence-electron chi connectivity index (χ4n) is 8.56. The average Bonchev–Trinajstić information content (AvgIpc) is 3.21. The van der Waals surface area contributed by atoms with Gasteiger partial charge in [0.05, 0.1) is 55.7 Å². The summed E-state index contributed by atoms with van der Waals surface area (Å²) in [5, 5.41) is 45.3. The lowest BCUT2D eigenvalue weighted by Gasteiger charge is -2.59. The molecule has 2 aromatic rings. The van der Waals surface area contributed by atoms with Crippen LogP contribution in [0.4, 0.5) is 10.5 Å². The number of aliphatic hydroxyl groups is 3. The highest BCUT2D eigenvalue weighted by Crippen LogP contribution is 2.62. The molecule has 6 unspecified atom stereocenters. The highest BCUT2D eigenvalue weighted by Gasteiger charge is 2.65. The SMILES string of the molecule is C=CCOC12Oc3ccc(Oc4cccc([N+](=O)[O-])c4)cc3C3C(CCCCO)C(CCCCO)C=C(C(=NOCC)CC1N(CCOCCO)C(=O)OCC)C32. The standard InChI is InChI=1S/C42H57N3O12/c1-4-22-54-42-38(44(41(49)53-5-2)18-23-52-24-21-48)28-36(43-55-6-3)34-25-29(12-7-9-19-46)33(15-8-10-20-47)39(40(34)42)35-27-32(16-17-37(35)57-42)56-31-14-11-13-30(26-31)45(50)51/h4,11,13-14,16-17,25-27,29,33,38-40,46-48H,1,5-10,12,15,18-24,28H2,2-3H3. The Balaban J connectivity index is 1.76. The maximum Gasteiger partial charge on any atom is 0.410 e. The molecule has 0 aromatic heterocycles. The van der Waals surface area contributed by atoms with E-state index < -0.39 is 28.8 Å². The van der Waals surface area contributed by atoms with Gasteiger partial charge in [0.25, 0.3) is 5.69 Å². The van der Waals surface area contributed by atoms with Gasteiger partial charge in [-0.05, 0) is 81.2 Å². The summed E-state index contributed by atoms with van der Waals surface area (Å²) < 4.78 is 31.7. The first-order chi connectivity index (χ1) is 27.8. The zero-order chi connectivity index (χ0) is 40.8. The number of benzene rings is 2. The molecule has 0 bridgehead atoms. The van der Waals surface area contributed by atoms with Crippen LogP contribution in [0.3, 0.4) is 0 Å². The summed E-state index contributed by atoms with van der Waals surface area (Å²) in [5.74, 6) is -1.11. The largest absolute Gasteiger partial charge is 0.459 e. The van der Waals surface area contributed by atoms with Gasteiger partial charge in [0.1, 0.15) is 29.9 Å². The Morgan fingerprint density at radius 1 is 1.04 bits per heavy atom. The third-order valence-corrected chi connectivity index (χ3v) is 10.8. The van der Waals surface area contributed by atoms with E-state index in [-0.39, 0.29) is 82.7 Å². The number of hydrogen-bond acceptors (Lipinski definition) is 13. The summed E-state index contributed by atoms with van der Waals surface area (Å²) >= 11 is 0. The molecule has 15 heteroatoms. The van der Waals surface area contributed by atoms with Gasteiger partial charge in [-0.25, -0.2) is 4.79 Å². The lowest BCUT2D eigenvalue weighted by atomic mass is 9.55. The van der Waals surface area contributed by atoms with E-state index in [0.29, 0.717) is 42.4 Å². The molecule has 1 heterocycles. The van der Waals surface area contributed by atoms with Gasteiger partial charge in [-0.1, -0.05) is 36.2 Å². The van der Waals surface area contributed by atoms with E-state index in [0.717, 1.165) is 36.8 Å². The van der Waals surface area contributed by atoms with E-state index in [1.807, 2.05) is 13.0 Å². The number of oxime groups is 1. The van der Waals surface area contributed by atoms with Crippen LogP contribution >= 0.6 is 0 Å². The minimum atomic E-state index is -1.50. The van der Waals surface area contributed by atoms with Crippen molar-refractivity contribution in [2.45, 2.75) is 76.5 Å². The maximum atomic E-state index is 14.0. The molecule has 2 aromatic carbocycles. The molecule has 3 aliphatic rings. The number of hydrogen-bond donors (Lipinski definition) is 3. The third-order valence-electron chi connectivity index (χ3n) is 10.8. The third kappa shape index (κ3) is 10.1. The quantitative estimate of drug-likeness (QED) is 0.0479. The van der Waals surface area contributed by atoms with Crippen LogP contribution in [0.5, 0.6) is 17.2 Å². The molecular weight excluding hydrogens is 738 g/mol. The van der Waals surface area contributed by atoms with Crippen molar-refractivity contribution in [1.29, 1.82) is 0 Å². The first-order valence-corrected chi connectivity index (χ1v) is 20.0. The molecule has 0 radical (unpaired) electrons. The Labute approximate surface area is 334 Å². The number of carbonyl (C=O) groups is 1.